The Kier molecular flexibility index (Phi) is 5.61. The number of fused-ring (bicyclic) bond motifs is 4. The number of benzene rings is 1. The quantitative estimate of drug-likeness (QED) is 0.715. The maximum absolute atomic E-state index is 11.5. The van der Waals surface area contributed by atoms with Gasteiger partial charge in [-0.15, -0.1) is 0 Å². The molecule has 0 radical (unpaired) electrons. The molecule has 0 amide bonds. The number of rotatable bonds is 6. The van der Waals surface area contributed by atoms with E-state index in [0.717, 1.165) is 19.3 Å². The van der Waals surface area contributed by atoms with E-state index in [0.29, 0.717) is 24.1 Å². The standard InChI is InChI=1S/C22H33NO3/c1-14(2)20(21(25)26)23-11-10-22-9-5-4-6-16(15(22)3)12-17-7-8-18(24)13-19(17)22/h7-8,13-16,20,23-24H,4-6,9-12H2,1-3H3,(H,25,26)/t15?,16-,20-,22+/m0/s1. The molecule has 0 heterocycles. The lowest BCUT2D eigenvalue weighted by atomic mass is 9.57. The molecule has 3 N–H and O–H groups in total. The van der Waals surface area contributed by atoms with Crippen LogP contribution in [0.2, 0.25) is 0 Å². The zero-order valence-corrected chi connectivity index (χ0v) is 16.3. The first-order valence-corrected chi connectivity index (χ1v) is 10.1. The van der Waals surface area contributed by atoms with Crippen molar-refractivity contribution in [2.45, 2.75) is 70.8 Å². The van der Waals surface area contributed by atoms with Crippen LogP contribution in [0.15, 0.2) is 18.2 Å². The van der Waals surface area contributed by atoms with Crippen LogP contribution in [-0.2, 0) is 16.6 Å². The highest BCUT2D eigenvalue weighted by molar-refractivity contribution is 5.73. The van der Waals surface area contributed by atoms with E-state index >= 15 is 0 Å². The summed E-state index contributed by atoms with van der Waals surface area (Å²) in [7, 11) is 0. The Bertz CT molecular complexity index is 657. The van der Waals surface area contributed by atoms with E-state index in [2.05, 4.69) is 18.3 Å². The summed E-state index contributed by atoms with van der Waals surface area (Å²) in [6.45, 7) is 6.96. The van der Waals surface area contributed by atoms with Gasteiger partial charge in [0.25, 0.3) is 0 Å². The molecular weight excluding hydrogens is 326 g/mol. The Labute approximate surface area is 157 Å². The summed E-state index contributed by atoms with van der Waals surface area (Å²) >= 11 is 0. The van der Waals surface area contributed by atoms with Crippen molar-refractivity contribution >= 4 is 5.97 Å². The van der Waals surface area contributed by atoms with Crippen LogP contribution in [0.3, 0.4) is 0 Å². The molecule has 0 spiro atoms. The van der Waals surface area contributed by atoms with Gasteiger partial charge in [-0.3, -0.25) is 4.79 Å². The first kappa shape index (κ1) is 19.2. The number of phenolic OH excluding ortho intramolecular Hbond substituents is 1. The van der Waals surface area contributed by atoms with Gasteiger partial charge in [-0.05, 0) is 78.7 Å². The molecule has 3 rings (SSSR count). The molecule has 144 valence electrons. The predicted molar refractivity (Wildman–Crippen MR) is 103 cm³/mol. The second kappa shape index (κ2) is 7.59. The maximum atomic E-state index is 11.5. The third kappa shape index (κ3) is 3.48. The fourth-order valence-electron chi connectivity index (χ4n) is 5.47. The van der Waals surface area contributed by atoms with E-state index in [1.165, 1.54) is 30.4 Å². The second-order valence-corrected chi connectivity index (χ2v) is 8.76. The van der Waals surface area contributed by atoms with E-state index in [1.54, 1.807) is 0 Å². The van der Waals surface area contributed by atoms with Crippen molar-refractivity contribution in [2.24, 2.45) is 17.8 Å². The molecule has 1 saturated carbocycles. The number of hydrogen-bond acceptors (Lipinski definition) is 3. The van der Waals surface area contributed by atoms with Gasteiger partial charge in [0, 0.05) is 0 Å². The summed E-state index contributed by atoms with van der Waals surface area (Å²) in [4.78, 5) is 11.5. The van der Waals surface area contributed by atoms with Crippen LogP contribution in [-0.4, -0.2) is 28.8 Å². The molecular formula is C22H33NO3. The highest BCUT2D eigenvalue weighted by atomic mass is 16.4. The highest BCUT2D eigenvalue weighted by Gasteiger charge is 2.46. The van der Waals surface area contributed by atoms with Gasteiger partial charge in [-0.2, -0.15) is 0 Å². The van der Waals surface area contributed by atoms with Crippen molar-refractivity contribution < 1.29 is 15.0 Å². The second-order valence-electron chi connectivity index (χ2n) is 8.76. The molecule has 4 atom stereocenters. The SMILES string of the molecule is CC(C)[C@H](NCC[C@@]12CCCC[C@@H](Cc3ccc(O)cc31)C2C)C(=O)O. The summed E-state index contributed by atoms with van der Waals surface area (Å²) in [6.07, 6.45) is 6.92. The number of carboxylic acids is 1. The monoisotopic (exact) mass is 359 g/mol. The van der Waals surface area contributed by atoms with Crippen LogP contribution in [0.4, 0.5) is 0 Å². The van der Waals surface area contributed by atoms with Crippen LogP contribution in [0.5, 0.6) is 5.75 Å². The van der Waals surface area contributed by atoms with E-state index in [-0.39, 0.29) is 11.3 Å². The number of aliphatic carboxylic acids is 1. The molecule has 4 heteroatoms. The Hall–Kier alpha value is -1.55. The summed E-state index contributed by atoms with van der Waals surface area (Å²) in [5.41, 5.74) is 2.73. The van der Waals surface area contributed by atoms with Crippen LogP contribution in [0.25, 0.3) is 0 Å². The summed E-state index contributed by atoms with van der Waals surface area (Å²) in [5.74, 6) is 0.882. The zero-order valence-electron chi connectivity index (χ0n) is 16.3. The van der Waals surface area contributed by atoms with Gasteiger partial charge in [-0.1, -0.05) is 39.7 Å². The molecule has 0 aliphatic heterocycles. The molecule has 2 bridgehead atoms. The molecule has 1 unspecified atom stereocenters. The Morgan fingerprint density at radius 3 is 2.81 bits per heavy atom. The molecule has 2 aliphatic carbocycles. The third-order valence-electron chi connectivity index (χ3n) is 7.01. The maximum Gasteiger partial charge on any atom is 0.320 e. The van der Waals surface area contributed by atoms with Gasteiger partial charge >= 0.3 is 5.97 Å². The summed E-state index contributed by atoms with van der Waals surface area (Å²) in [5, 5.41) is 22.9. The van der Waals surface area contributed by atoms with Gasteiger partial charge in [0.05, 0.1) is 0 Å². The first-order chi connectivity index (χ1) is 12.3. The van der Waals surface area contributed by atoms with Gasteiger partial charge in [0.15, 0.2) is 0 Å². The smallest absolute Gasteiger partial charge is 0.320 e. The van der Waals surface area contributed by atoms with Crippen LogP contribution in [0, 0.1) is 17.8 Å². The highest BCUT2D eigenvalue weighted by Crippen LogP contribution is 2.53. The lowest BCUT2D eigenvalue weighted by Crippen LogP contribution is -2.47. The zero-order chi connectivity index (χ0) is 18.9. The van der Waals surface area contributed by atoms with Crippen molar-refractivity contribution in [3.8, 4) is 5.75 Å². The lowest BCUT2D eigenvalue weighted by Gasteiger charge is -2.47. The fraction of sp³-hybridized carbons (Fsp3) is 0.682. The number of aromatic hydroxyl groups is 1. The normalized spacial score (nSPS) is 29.1. The van der Waals surface area contributed by atoms with Crippen LogP contribution < -0.4 is 5.32 Å². The molecule has 1 aromatic rings. The lowest BCUT2D eigenvalue weighted by molar-refractivity contribution is -0.140. The molecule has 1 aromatic carbocycles. The molecule has 4 nitrogen and oxygen atoms in total. The average Bonchev–Trinajstić information content (AvgIpc) is 2.68. The van der Waals surface area contributed by atoms with E-state index < -0.39 is 12.0 Å². The largest absolute Gasteiger partial charge is 0.508 e. The minimum atomic E-state index is -0.772. The number of carboxylic acid groups (broad SMARTS) is 1. The minimum absolute atomic E-state index is 0.0422. The van der Waals surface area contributed by atoms with E-state index in [1.807, 2.05) is 26.0 Å². The van der Waals surface area contributed by atoms with Crippen molar-refractivity contribution in [3.63, 3.8) is 0 Å². The predicted octanol–water partition coefficient (Wildman–Crippen LogP) is 4.10. The third-order valence-corrected chi connectivity index (χ3v) is 7.01. The Morgan fingerprint density at radius 2 is 2.12 bits per heavy atom. The van der Waals surface area contributed by atoms with Gasteiger partial charge in [-0.25, -0.2) is 0 Å². The minimum Gasteiger partial charge on any atom is -0.508 e. The molecule has 0 aromatic heterocycles. The number of phenols is 1. The van der Waals surface area contributed by atoms with Crippen LogP contribution in [0.1, 0.15) is 64.0 Å². The molecule has 0 saturated heterocycles. The number of carbonyl (C=O) groups is 1. The van der Waals surface area contributed by atoms with E-state index in [9.17, 15) is 15.0 Å². The van der Waals surface area contributed by atoms with Gasteiger partial charge in [0.1, 0.15) is 11.8 Å². The Morgan fingerprint density at radius 1 is 1.35 bits per heavy atom. The van der Waals surface area contributed by atoms with Gasteiger partial charge in [0.2, 0.25) is 0 Å². The average molecular weight is 360 g/mol. The molecule has 1 fully saturated rings. The van der Waals surface area contributed by atoms with Crippen LogP contribution >= 0.6 is 0 Å². The van der Waals surface area contributed by atoms with Gasteiger partial charge < -0.3 is 15.5 Å². The first-order valence-electron chi connectivity index (χ1n) is 10.1. The summed E-state index contributed by atoms with van der Waals surface area (Å²) < 4.78 is 0. The van der Waals surface area contributed by atoms with Crippen molar-refractivity contribution in [3.05, 3.63) is 29.3 Å². The number of hydrogen-bond donors (Lipinski definition) is 3. The van der Waals surface area contributed by atoms with Crippen molar-refractivity contribution in [1.29, 1.82) is 0 Å². The Balaban J connectivity index is 1.88. The van der Waals surface area contributed by atoms with Crippen molar-refractivity contribution in [1.82, 2.24) is 5.32 Å². The topological polar surface area (TPSA) is 69.6 Å². The fourth-order valence-corrected chi connectivity index (χ4v) is 5.47. The molecule has 26 heavy (non-hydrogen) atoms. The van der Waals surface area contributed by atoms with Crippen molar-refractivity contribution in [2.75, 3.05) is 6.54 Å². The number of nitrogens with one attached hydrogen (secondary N) is 1. The molecule has 2 aliphatic rings. The summed E-state index contributed by atoms with van der Waals surface area (Å²) in [6, 6.07) is 5.39. The van der Waals surface area contributed by atoms with E-state index in [4.69, 9.17) is 0 Å².